The van der Waals surface area contributed by atoms with E-state index in [1.807, 2.05) is 13.8 Å². The fraction of sp³-hybridized carbons (Fsp3) is 0.333. The summed E-state index contributed by atoms with van der Waals surface area (Å²) in [7, 11) is 0. The molecule has 3 nitrogen and oxygen atoms in total. The average Bonchev–Trinajstić information content (AvgIpc) is 2.03. The summed E-state index contributed by atoms with van der Waals surface area (Å²) < 4.78 is 0. The Hall–Kier alpha value is -1.56. The van der Waals surface area contributed by atoms with Gasteiger partial charge in [0.1, 0.15) is 0 Å². The molecule has 0 aliphatic rings. The van der Waals surface area contributed by atoms with E-state index in [1.165, 1.54) is 12.4 Å². The van der Waals surface area contributed by atoms with Gasteiger partial charge in [0, 0.05) is 5.92 Å². The summed E-state index contributed by atoms with van der Waals surface area (Å²) in [6.45, 7) is 3.99. The van der Waals surface area contributed by atoms with Gasteiger partial charge in [-0.25, -0.2) is 9.97 Å². The van der Waals surface area contributed by atoms with Crippen LogP contribution in [0.1, 0.15) is 19.7 Å². The lowest BCUT2D eigenvalue weighted by Gasteiger charge is -1.90. The molecule has 12 heavy (non-hydrogen) atoms. The third-order valence-electron chi connectivity index (χ3n) is 1.11. The summed E-state index contributed by atoms with van der Waals surface area (Å²) in [4.78, 5) is 7.63. The Morgan fingerprint density at radius 1 is 1.33 bits per heavy atom. The highest BCUT2D eigenvalue weighted by atomic mass is 16.3. The molecule has 1 aromatic rings. The fourth-order valence-corrected chi connectivity index (χ4v) is 0.595. The quantitative estimate of drug-likeness (QED) is 0.583. The summed E-state index contributed by atoms with van der Waals surface area (Å²) in [6.07, 6.45) is 2.66. The Labute approximate surface area is 71.5 Å². The monoisotopic (exact) mass is 162 g/mol. The van der Waals surface area contributed by atoms with Crippen LogP contribution < -0.4 is 0 Å². The van der Waals surface area contributed by atoms with Crippen molar-refractivity contribution in [3.63, 3.8) is 0 Å². The second-order valence-corrected chi connectivity index (χ2v) is 2.69. The van der Waals surface area contributed by atoms with E-state index >= 15 is 0 Å². The lowest BCUT2D eigenvalue weighted by Crippen LogP contribution is -1.87. The summed E-state index contributed by atoms with van der Waals surface area (Å²) in [5.41, 5.74) is 0. The zero-order valence-electron chi connectivity index (χ0n) is 7.07. The number of nitrogens with zero attached hydrogens (tertiary/aromatic N) is 2. The van der Waals surface area contributed by atoms with Crippen molar-refractivity contribution in [1.29, 1.82) is 0 Å². The fourth-order valence-electron chi connectivity index (χ4n) is 0.595. The van der Waals surface area contributed by atoms with Crippen molar-refractivity contribution < 1.29 is 5.11 Å². The Morgan fingerprint density at radius 2 is 1.92 bits per heavy atom. The largest absolute Gasteiger partial charge is 0.505 e. The summed E-state index contributed by atoms with van der Waals surface area (Å²) in [6, 6.07) is 0. The molecule has 3 heteroatoms. The molecule has 1 aromatic heterocycles. The third-order valence-corrected chi connectivity index (χ3v) is 1.11. The Kier molecular flexibility index (Phi) is 2.65. The van der Waals surface area contributed by atoms with Crippen LogP contribution >= 0.6 is 0 Å². The van der Waals surface area contributed by atoms with Crippen molar-refractivity contribution in [1.82, 2.24) is 9.97 Å². The molecule has 0 aromatic carbocycles. The first-order valence-electron chi connectivity index (χ1n) is 3.71. The van der Waals surface area contributed by atoms with Crippen LogP contribution in [0.3, 0.4) is 0 Å². The molecule has 0 aliphatic heterocycles. The molecule has 62 valence electrons. The zero-order valence-corrected chi connectivity index (χ0v) is 7.07. The molecular formula is C9H10N2O. The Bertz CT molecular complexity index is 306. The standard InChI is InChI=1S/C9H10N2O/c1-7(2)3-4-9-10-5-8(12)6-11-9/h5-7,12H,1-2H3. The van der Waals surface area contributed by atoms with Crippen molar-refractivity contribution in [2.24, 2.45) is 5.92 Å². The minimum Gasteiger partial charge on any atom is -0.505 e. The van der Waals surface area contributed by atoms with Gasteiger partial charge in [-0.2, -0.15) is 0 Å². The van der Waals surface area contributed by atoms with E-state index in [9.17, 15) is 0 Å². The van der Waals surface area contributed by atoms with Crippen LogP contribution in [-0.4, -0.2) is 15.1 Å². The number of rotatable bonds is 0. The zero-order chi connectivity index (χ0) is 8.97. The lowest BCUT2D eigenvalue weighted by molar-refractivity contribution is 0.469. The van der Waals surface area contributed by atoms with Gasteiger partial charge in [0.2, 0.25) is 5.82 Å². The van der Waals surface area contributed by atoms with Gasteiger partial charge in [0.25, 0.3) is 0 Å². The number of aromatic nitrogens is 2. The van der Waals surface area contributed by atoms with Crippen molar-refractivity contribution in [3.05, 3.63) is 18.2 Å². The summed E-state index contributed by atoms with van der Waals surface area (Å²) in [5, 5.41) is 8.86. The topological polar surface area (TPSA) is 46.0 Å². The minimum atomic E-state index is 0.0603. The van der Waals surface area contributed by atoms with E-state index < -0.39 is 0 Å². The molecule has 0 radical (unpaired) electrons. The van der Waals surface area contributed by atoms with Gasteiger partial charge in [-0.05, 0) is 5.92 Å². The summed E-state index contributed by atoms with van der Waals surface area (Å²) >= 11 is 0. The van der Waals surface area contributed by atoms with Gasteiger partial charge >= 0.3 is 0 Å². The van der Waals surface area contributed by atoms with Gasteiger partial charge in [0.05, 0.1) is 12.4 Å². The minimum absolute atomic E-state index is 0.0603. The van der Waals surface area contributed by atoms with E-state index in [0.717, 1.165) is 0 Å². The maximum absolute atomic E-state index is 8.86. The number of aromatic hydroxyl groups is 1. The predicted molar refractivity (Wildman–Crippen MR) is 45.4 cm³/mol. The van der Waals surface area contributed by atoms with Gasteiger partial charge in [-0.1, -0.05) is 19.8 Å². The van der Waals surface area contributed by atoms with Gasteiger partial charge in [-0.15, -0.1) is 0 Å². The van der Waals surface area contributed by atoms with E-state index in [1.54, 1.807) is 0 Å². The maximum Gasteiger partial charge on any atom is 0.205 e. The third kappa shape index (κ3) is 2.59. The van der Waals surface area contributed by atoms with Gasteiger partial charge < -0.3 is 5.11 Å². The van der Waals surface area contributed by atoms with Crippen molar-refractivity contribution >= 4 is 0 Å². The highest BCUT2D eigenvalue weighted by Gasteiger charge is 1.90. The van der Waals surface area contributed by atoms with Crippen LogP contribution in [0.5, 0.6) is 5.75 Å². The van der Waals surface area contributed by atoms with Gasteiger partial charge in [-0.3, -0.25) is 0 Å². The van der Waals surface area contributed by atoms with E-state index in [0.29, 0.717) is 11.7 Å². The Balaban J connectivity index is 2.79. The van der Waals surface area contributed by atoms with E-state index in [-0.39, 0.29) is 5.75 Å². The SMILES string of the molecule is CC(C)C#Cc1ncc(O)cn1. The molecule has 0 spiro atoms. The molecule has 1 rings (SSSR count). The van der Waals surface area contributed by atoms with Crippen LogP contribution in [0.2, 0.25) is 0 Å². The molecule has 1 heterocycles. The highest BCUT2D eigenvalue weighted by Crippen LogP contribution is 2.00. The first-order chi connectivity index (χ1) is 5.68. The molecule has 0 saturated carbocycles. The van der Waals surface area contributed by atoms with Crippen LogP contribution in [-0.2, 0) is 0 Å². The molecule has 1 N–H and O–H groups in total. The van der Waals surface area contributed by atoms with Crippen LogP contribution in [0.15, 0.2) is 12.4 Å². The normalized spacial score (nSPS) is 9.25. The van der Waals surface area contributed by atoms with E-state index in [2.05, 4.69) is 21.8 Å². The van der Waals surface area contributed by atoms with Crippen LogP contribution in [0, 0.1) is 17.8 Å². The molecule has 0 bridgehead atoms. The molecule has 0 aliphatic carbocycles. The van der Waals surface area contributed by atoms with Gasteiger partial charge in [0.15, 0.2) is 5.75 Å². The molecule has 0 fully saturated rings. The predicted octanol–water partition coefficient (Wildman–Crippen LogP) is 1.19. The van der Waals surface area contributed by atoms with Crippen molar-refractivity contribution in [3.8, 4) is 17.6 Å². The lowest BCUT2D eigenvalue weighted by atomic mass is 10.2. The maximum atomic E-state index is 8.86. The Morgan fingerprint density at radius 3 is 2.42 bits per heavy atom. The van der Waals surface area contributed by atoms with Crippen LogP contribution in [0.25, 0.3) is 0 Å². The first kappa shape index (κ1) is 8.54. The van der Waals surface area contributed by atoms with Crippen molar-refractivity contribution in [2.45, 2.75) is 13.8 Å². The average molecular weight is 162 g/mol. The number of hydrogen-bond donors (Lipinski definition) is 1. The molecule has 0 unspecified atom stereocenters. The molecule has 0 saturated heterocycles. The van der Waals surface area contributed by atoms with E-state index in [4.69, 9.17) is 5.11 Å². The molecule has 0 amide bonds. The smallest absolute Gasteiger partial charge is 0.205 e. The summed E-state index contributed by atoms with van der Waals surface area (Å²) in [5.74, 6) is 6.53. The number of hydrogen-bond acceptors (Lipinski definition) is 3. The second kappa shape index (κ2) is 3.72. The van der Waals surface area contributed by atoms with Crippen molar-refractivity contribution in [2.75, 3.05) is 0 Å². The first-order valence-corrected chi connectivity index (χ1v) is 3.71. The second-order valence-electron chi connectivity index (χ2n) is 2.69. The molecule has 0 atom stereocenters. The van der Waals surface area contributed by atoms with Crippen LogP contribution in [0.4, 0.5) is 0 Å². The molecular weight excluding hydrogens is 152 g/mol. The highest BCUT2D eigenvalue weighted by molar-refractivity contribution is 5.23.